The summed E-state index contributed by atoms with van der Waals surface area (Å²) in [5, 5.41) is 0. The molecule has 64 heavy (non-hydrogen) atoms. The van der Waals surface area contributed by atoms with Crippen molar-refractivity contribution in [2.75, 3.05) is 9.80 Å². The molecule has 4 aromatic carbocycles. The number of aryl methyl sites for hydroxylation is 1. The monoisotopic (exact) mass is 853 g/mol. The van der Waals surface area contributed by atoms with Gasteiger partial charge in [-0.15, -0.1) is 0 Å². The molecule has 3 heterocycles. The van der Waals surface area contributed by atoms with Gasteiger partial charge in [-0.3, -0.25) is 9.80 Å². The number of fused-ring (bicyclic) bond motifs is 6. The van der Waals surface area contributed by atoms with Crippen LogP contribution in [0.3, 0.4) is 0 Å². The van der Waals surface area contributed by atoms with Gasteiger partial charge in [0, 0.05) is 28.2 Å². The highest BCUT2D eigenvalue weighted by atomic mass is 15.3. The first kappa shape index (κ1) is 44.8. The zero-order valence-corrected chi connectivity index (χ0v) is 43.6. The zero-order chi connectivity index (χ0) is 47.0. The highest BCUT2D eigenvalue weighted by Crippen LogP contribution is 2.55. The Morgan fingerprint density at radius 2 is 0.703 bits per heavy atom. The van der Waals surface area contributed by atoms with Crippen LogP contribution >= 0.6 is 0 Å². The molecule has 0 saturated carbocycles. The Bertz CT molecular complexity index is 2540. The van der Waals surface area contributed by atoms with Crippen LogP contribution in [0.5, 0.6) is 0 Å². The van der Waals surface area contributed by atoms with E-state index in [1.165, 1.54) is 83.6 Å². The molecule has 5 aromatic rings. The highest BCUT2D eigenvalue weighted by Gasteiger charge is 2.51. The first-order chi connectivity index (χ1) is 29.1. The smallest absolute Gasteiger partial charge is 0.256 e. The van der Waals surface area contributed by atoms with Crippen molar-refractivity contribution < 1.29 is 0 Å². The first-order valence-corrected chi connectivity index (χ1v) is 24.3. The molecular weight excluding hydrogens is 775 g/mol. The molecule has 5 heteroatoms. The van der Waals surface area contributed by atoms with Gasteiger partial charge in [0.25, 0.3) is 6.71 Å². The molecule has 2 aliphatic carbocycles. The Morgan fingerprint density at radius 1 is 0.422 bits per heavy atom. The van der Waals surface area contributed by atoms with Gasteiger partial charge in [-0.25, -0.2) is 9.97 Å². The van der Waals surface area contributed by atoms with Crippen LogP contribution in [0.4, 0.5) is 34.4 Å². The molecule has 0 spiro atoms. The minimum absolute atomic E-state index is 0.0247. The number of hydrogen-bond donors (Lipinski definition) is 0. The molecule has 0 bridgehead atoms. The van der Waals surface area contributed by atoms with Crippen molar-refractivity contribution in [2.24, 2.45) is 0 Å². The van der Waals surface area contributed by atoms with E-state index in [1.54, 1.807) is 0 Å². The quantitative estimate of drug-likeness (QED) is 0.162. The van der Waals surface area contributed by atoms with Crippen molar-refractivity contribution >= 4 is 57.5 Å². The summed E-state index contributed by atoms with van der Waals surface area (Å²) in [5.74, 6) is 2.78. The van der Waals surface area contributed by atoms with E-state index in [9.17, 15) is 0 Å². The van der Waals surface area contributed by atoms with Gasteiger partial charge in [0.15, 0.2) is 0 Å². The average Bonchev–Trinajstić information content (AvgIpc) is 3.44. The lowest BCUT2D eigenvalue weighted by atomic mass is 9.33. The van der Waals surface area contributed by atoms with E-state index in [2.05, 4.69) is 216 Å². The van der Waals surface area contributed by atoms with Crippen LogP contribution in [0.2, 0.25) is 0 Å². The van der Waals surface area contributed by atoms with Crippen molar-refractivity contribution in [3.8, 4) is 0 Å². The fourth-order valence-electron chi connectivity index (χ4n) is 12.5. The predicted molar refractivity (Wildman–Crippen MR) is 277 cm³/mol. The second kappa shape index (κ2) is 13.4. The molecule has 0 N–H and O–H groups in total. The molecule has 1 aromatic heterocycles. The first-order valence-electron chi connectivity index (χ1n) is 24.3. The van der Waals surface area contributed by atoms with Gasteiger partial charge in [0.05, 0.1) is 0 Å². The van der Waals surface area contributed by atoms with Crippen LogP contribution in [0.25, 0.3) is 0 Å². The highest BCUT2D eigenvalue weighted by molar-refractivity contribution is 7.00. The Kier molecular flexibility index (Phi) is 9.37. The Balaban J connectivity index is 1.47. The molecule has 0 saturated heterocycles. The van der Waals surface area contributed by atoms with Crippen LogP contribution in [-0.4, -0.2) is 16.7 Å². The van der Waals surface area contributed by atoms with Gasteiger partial charge < -0.3 is 0 Å². The van der Waals surface area contributed by atoms with E-state index in [4.69, 9.17) is 9.97 Å². The van der Waals surface area contributed by atoms with Crippen LogP contribution in [0.15, 0.2) is 60.7 Å². The molecule has 0 atom stereocenters. The largest absolute Gasteiger partial charge is 0.296 e. The lowest BCUT2D eigenvalue weighted by molar-refractivity contribution is 0.403. The summed E-state index contributed by atoms with van der Waals surface area (Å²) in [4.78, 5) is 16.4. The van der Waals surface area contributed by atoms with E-state index >= 15 is 0 Å². The lowest BCUT2D eigenvalue weighted by Crippen LogP contribution is -2.62. The molecule has 0 radical (unpaired) electrons. The maximum Gasteiger partial charge on any atom is 0.256 e. The third-order valence-corrected chi connectivity index (χ3v) is 15.7. The van der Waals surface area contributed by atoms with Gasteiger partial charge in [-0.05, 0) is 155 Å². The summed E-state index contributed by atoms with van der Waals surface area (Å²) in [5.41, 5.74) is 19.9. The Morgan fingerprint density at radius 3 is 0.984 bits per heavy atom. The average molecular weight is 853 g/mol. The molecule has 9 rings (SSSR count). The summed E-state index contributed by atoms with van der Waals surface area (Å²) in [6.07, 6.45) is 2.21. The minimum Gasteiger partial charge on any atom is -0.296 e. The fourth-order valence-corrected chi connectivity index (χ4v) is 12.5. The number of benzene rings is 4. The second-order valence-corrected chi connectivity index (χ2v) is 27.3. The van der Waals surface area contributed by atoms with Crippen molar-refractivity contribution in [2.45, 2.75) is 202 Å². The SMILES string of the molecule is Cc1nc2c3c(n1)N(c1cc(C(C)(C)C)cc(C(C)(C)C)c1)c1cc4c(cc1B3c1cc3c(cc1N2c1cc(C(C)(C)C)cc(C(C)(C)C)c1)C(C)(C)CC3(C)C)C(C)(C)CC4(C)C. The molecular formula is C59H77BN4. The molecule has 4 nitrogen and oxygen atoms in total. The summed E-state index contributed by atoms with van der Waals surface area (Å²) >= 11 is 0. The second-order valence-electron chi connectivity index (χ2n) is 27.3. The van der Waals surface area contributed by atoms with Crippen molar-refractivity contribution in [1.29, 1.82) is 0 Å². The van der Waals surface area contributed by atoms with Crippen LogP contribution in [0, 0.1) is 6.92 Å². The van der Waals surface area contributed by atoms with Crippen LogP contribution < -0.4 is 26.2 Å². The number of hydrogen-bond acceptors (Lipinski definition) is 4. The summed E-state index contributed by atoms with van der Waals surface area (Å²) in [7, 11) is 0. The summed E-state index contributed by atoms with van der Waals surface area (Å²) < 4.78 is 0. The lowest BCUT2D eigenvalue weighted by Gasteiger charge is -2.44. The minimum atomic E-state index is -0.0569. The van der Waals surface area contributed by atoms with Crippen molar-refractivity contribution in [1.82, 2.24) is 9.97 Å². The zero-order valence-electron chi connectivity index (χ0n) is 43.6. The molecule has 2 aliphatic heterocycles. The maximum absolute atomic E-state index is 5.63. The predicted octanol–water partition coefficient (Wildman–Crippen LogP) is 14.0. The molecule has 0 fully saturated rings. The van der Waals surface area contributed by atoms with E-state index in [0.29, 0.717) is 0 Å². The van der Waals surface area contributed by atoms with E-state index < -0.39 is 0 Å². The number of rotatable bonds is 2. The standard InChI is InChI=1S/C59H77BN4/c1-34-61-50-49-51(62-34)64(40-26-37(54(8,9)10)23-38(27-40)55(11,12)13)48-31-44-42(57(16,17)33-59(44,20)21)29-46(48)60(49)45-28-41-43(58(18,19)32-56(41,14)15)30-47(45)63(50)39-24-35(52(2,3)4)22-36(25-39)53(5,6)7/h22-31H,32-33H2,1-21H3. The van der Waals surface area contributed by atoms with Gasteiger partial charge in [-0.2, -0.15) is 0 Å². The fraction of sp³-hybridized carbons (Fsp3) is 0.525. The summed E-state index contributed by atoms with van der Waals surface area (Å²) in [6.45, 7) is 49.9. The third-order valence-electron chi connectivity index (χ3n) is 15.7. The number of anilines is 6. The number of nitrogens with zero attached hydrogens (tertiary/aromatic N) is 4. The van der Waals surface area contributed by atoms with Gasteiger partial charge in [0.2, 0.25) is 0 Å². The van der Waals surface area contributed by atoms with E-state index in [-0.39, 0.29) is 50.0 Å². The molecule has 336 valence electrons. The molecule has 0 unspecified atom stereocenters. The van der Waals surface area contributed by atoms with Crippen LogP contribution in [-0.2, 0) is 43.3 Å². The van der Waals surface area contributed by atoms with Gasteiger partial charge in [-0.1, -0.05) is 163 Å². The topological polar surface area (TPSA) is 32.3 Å². The van der Waals surface area contributed by atoms with Gasteiger partial charge in [0.1, 0.15) is 17.5 Å². The Labute approximate surface area is 388 Å². The van der Waals surface area contributed by atoms with Crippen molar-refractivity contribution in [3.63, 3.8) is 0 Å². The summed E-state index contributed by atoms with van der Waals surface area (Å²) in [6, 6.07) is 25.2. The van der Waals surface area contributed by atoms with E-state index in [1.807, 2.05) is 0 Å². The molecule has 4 aliphatic rings. The van der Waals surface area contributed by atoms with Crippen molar-refractivity contribution in [3.05, 3.63) is 111 Å². The Hall–Kier alpha value is -4.38. The number of aromatic nitrogens is 2. The third kappa shape index (κ3) is 6.90. The van der Waals surface area contributed by atoms with Gasteiger partial charge >= 0.3 is 0 Å². The molecule has 0 amide bonds. The van der Waals surface area contributed by atoms with Crippen LogP contribution in [0.1, 0.15) is 202 Å². The maximum atomic E-state index is 5.63. The normalized spacial score (nSPS) is 19.0. The van der Waals surface area contributed by atoms with E-state index in [0.717, 1.165) is 30.3 Å².